The van der Waals surface area contributed by atoms with Crippen molar-refractivity contribution in [2.24, 2.45) is 5.73 Å². The Labute approximate surface area is 126 Å². The van der Waals surface area contributed by atoms with Crippen LogP contribution in [0.5, 0.6) is 17.2 Å². The molecule has 2 N–H and O–H groups in total. The highest BCUT2D eigenvalue weighted by Gasteiger charge is 2.13. The van der Waals surface area contributed by atoms with Crippen LogP contribution in [-0.2, 0) is 6.61 Å². The SMILES string of the molecule is NC(=S)c1cc(F)cc(COc2ccc3c(c2)OCO3)c1. The maximum absolute atomic E-state index is 13.5. The summed E-state index contributed by atoms with van der Waals surface area (Å²) in [6.45, 7) is 0.410. The highest BCUT2D eigenvalue weighted by atomic mass is 32.1. The highest BCUT2D eigenvalue weighted by Crippen LogP contribution is 2.35. The summed E-state index contributed by atoms with van der Waals surface area (Å²) in [5.74, 6) is 1.53. The fraction of sp³-hybridized carbons (Fsp3) is 0.133. The van der Waals surface area contributed by atoms with E-state index in [2.05, 4.69) is 0 Å². The van der Waals surface area contributed by atoms with Gasteiger partial charge in [0.05, 0.1) is 0 Å². The molecule has 0 amide bonds. The van der Waals surface area contributed by atoms with Gasteiger partial charge < -0.3 is 19.9 Å². The minimum atomic E-state index is -0.399. The summed E-state index contributed by atoms with van der Waals surface area (Å²) >= 11 is 4.85. The zero-order valence-electron chi connectivity index (χ0n) is 11.0. The second-order valence-corrected chi connectivity index (χ2v) is 4.96. The number of rotatable bonds is 4. The van der Waals surface area contributed by atoms with E-state index in [0.717, 1.165) is 0 Å². The molecule has 2 aromatic rings. The first-order valence-corrected chi connectivity index (χ1v) is 6.64. The topological polar surface area (TPSA) is 53.7 Å². The molecule has 4 nitrogen and oxygen atoms in total. The quantitative estimate of drug-likeness (QED) is 0.880. The van der Waals surface area contributed by atoms with Gasteiger partial charge in [0.25, 0.3) is 0 Å². The fourth-order valence-corrected chi connectivity index (χ4v) is 2.13. The van der Waals surface area contributed by atoms with E-state index in [1.54, 1.807) is 24.3 Å². The van der Waals surface area contributed by atoms with Crippen LogP contribution in [0, 0.1) is 5.82 Å². The molecule has 0 spiro atoms. The minimum absolute atomic E-state index is 0.152. The van der Waals surface area contributed by atoms with Gasteiger partial charge in [0.2, 0.25) is 6.79 Å². The lowest BCUT2D eigenvalue weighted by Crippen LogP contribution is -2.10. The molecule has 0 radical (unpaired) electrons. The molecule has 0 bridgehead atoms. The summed E-state index contributed by atoms with van der Waals surface area (Å²) in [7, 11) is 0. The molecule has 6 heteroatoms. The smallest absolute Gasteiger partial charge is 0.231 e. The van der Waals surface area contributed by atoms with Crippen molar-refractivity contribution in [1.29, 1.82) is 0 Å². The third-order valence-corrected chi connectivity index (χ3v) is 3.23. The van der Waals surface area contributed by atoms with Crippen LogP contribution in [0.25, 0.3) is 0 Å². The zero-order chi connectivity index (χ0) is 14.8. The number of ether oxygens (including phenoxy) is 3. The van der Waals surface area contributed by atoms with E-state index in [0.29, 0.717) is 28.4 Å². The summed E-state index contributed by atoms with van der Waals surface area (Å²) in [6.07, 6.45) is 0. The third-order valence-electron chi connectivity index (χ3n) is 2.99. The van der Waals surface area contributed by atoms with Crippen LogP contribution in [0.4, 0.5) is 4.39 Å². The van der Waals surface area contributed by atoms with Gasteiger partial charge in [-0.3, -0.25) is 0 Å². The number of benzene rings is 2. The molecular formula is C15H12FNO3S. The molecule has 0 aliphatic carbocycles. The van der Waals surface area contributed by atoms with Crippen LogP contribution in [0.1, 0.15) is 11.1 Å². The van der Waals surface area contributed by atoms with Crippen molar-refractivity contribution in [1.82, 2.24) is 0 Å². The molecule has 2 aromatic carbocycles. The number of nitrogens with two attached hydrogens (primary N) is 1. The van der Waals surface area contributed by atoms with E-state index in [1.807, 2.05) is 0 Å². The summed E-state index contributed by atoms with van der Waals surface area (Å²) in [5.41, 5.74) is 6.64. The molecule has 0 aromatic heterocycles. The van der Waals surface area contributed by atoms with Crippen LogP contribution >= 0.6 is 12.2 Å². The Bertz CT molecular complexity index is 705. The molecule has 1 heterocycles. The van der Waals surface area contributed by atoms with Crippen molar-refractivity contribution in [3.8, 4) is 17.2 Å². The van der Waals surface area contributed by atoms with Gasteiger partial charge in [-0.15, -0.1) is 0 Å². The lowest BCUT2D eigenvalue weighted by molar-refractivity contribution is 0.173. The number of thiocarbonyl (C=S) groups is 1. The third kappa shape index (κ3) is 3.05. The lowest BCUT2D eigenvalue weighted by atomic mass is 10.1. The fourth-order valence-electron chi connectivity index (χ4n) is 2.01. The maximum atomic E-state index is 13.5. The number of halogens is 1. The lowest BCUT2D eigenvalue weighted by Gasteiger charge is -2.08. The molecule has 108 valence electrons. The maximum Gasteiger partial charge on any atom is 0.231 e. The highest BCUT2D eigenvalue weighted by molar-refractivity contribution is 7.80. The molecule has 21 heavy (non-hydrogen) atoms. The molecular weight excluding hydrogens is 293 g/mol. The molecule has 0 unspecified atom stereocenters. The van der Waals surface area contributed by atoms with Gasteiger partial charge in [-0.05, 0) is 35.9 Å². The van der Waals surface area contributed by atoms with Crippen LogP contribution < -0.4 is 19.9 Å². The molecule has 0 atom stereocenters. The Kier molecular flexibility index (Phi) is 3.62. The number of fused-ring (bicyclic) bond motifs is 1. The predicted molar refractivity (Wildman–Crippen MR) is 79.2 cm³/mol. The summed E-state index contributed by atoms with van der Waals surface area (Å²) in [4.78, 5) is 0.152. The summed E-state index contributed by atoms with van der Waals surface area (Å²) < 4.78 is 29.6. The first-order chi connectivity index (χ1) is 10.1. The Hall–Kier alpha value is -2.34. The summed E-state index contributed by atoms with van der Waals surface area (Å²) in [6, 6.07) is 9.65. The normalized spacial score (nSPS) is 12.2. The molecule has 0 fully saturated rings. The average Bonchev–Trinajstić information content (AvgIpc) is 2.92. The Morgan fingerprint density at radius 1 is 1.19 bits per heavy atom. The van der Waals surface area contributed by atoms with E-state index in [-0.39, 0.29) is 18.4 Å². The Morgan fingerprint density at radius 3 is 2.81 bits per heavy atom. The van der Waals surface area contributed by atoms with Crippen molar-refractivity contribution in [2.45, 2.75) is 6.61 Å². The van der Waals surface area contributed by atoms with Gasteiger partial charge in [0.15, 0.2) is 11.5 Å². The van der Waals surface area contributed by atoms with E-state index in [1.165, 1.54) is 12.1 Å². The minimum Gasteiger partial charge on any atom is -0.489 e. The Balaban J connectivity index is 1.74. The first kappa shape index (κ1) is 13.6. The molecule has 0 saturated carbocycles. The second-order valence-electron chi connectivity index (χ2n) is 4.52. The monoisotopic (exact) mass is 305 g/mol. The van der Waals surface area contributed by atoms with E-state index in [4.69, 9.17) is 32.2 Å². The molecule has 1 aliphatic heterocycles. The van der Waals surface area contributed by atoms with Gasteiger partial charge in [0.1, 0.15) is 23.2 Å². The van der Waals surface area contributed by atoms with Crippen molar-refractivity contribution >= 4 is 17.2 Å². The van der Waals surface area contributed by atoms with E-state index >= 15 is 0 Å². The van der Waals surface area contributed by atoms with Crippen LogP contribution in [0.2, 0.25) is 0 Å². The van der Waals surface area contributed by atoms with Gasteiger partial charge >= 0.3 is 0 Å². The standard InChI is InChI=1S/C15H12FNO3S/c16-11-4-9(3-10(5-11)15(17)21)7-18-12-1-2-13-14(6-12)20-8-19-13/h1-6H,7-8H2,(H2,17,21). The molecule has 3 rings (SSSR count). The van der Waals surface area contributed by atoms with Crippen molar-refractivity contribution < 1.29 is 18.6 Å². The van der Waals surface area contributed by atoms with Crippen molar-refractivity contribution in [3.05, 3.63) is 53.3 Å². The molecule has 1 aliphatic rings. The average molecular weight is 305 g/mol. The van der Waals surface area contributed by atoms with E-state index in [9.17, 15) is 4.39 Å². The van der Waals surface area contributed by atoms with Gasteiger partial charge in [-0.1, -0.05) is 12.2 Å². The van der Waals surface area contributed by atoms with Gasteiger partial charge in [-0.25, -0.2) is 4.39 Å². The number of hydrogen-bond donors (Lipinski definition) is 1. The van der Waals surface area contributed by atoms with E-state index < -0.39 is 5.82 Å². The van der Waals surface area contributed by atoms with Crippen LogP contribution in [0.3, 0.4) is 0 Å². The summed E-state index contributed by atoms with van der Waals surface area (Å²) in [5, 5.41) is 0. The first-order valence-electron chi connectivity index (χ1n) is 6.23. The van der Waals surface area contributed by atoms with Crippen LogP contribution in [0.15, 0.2) is 36.4 Å². The van der Waals surface area contributed by atoms with Crippen LogP contribution in [-0.4, -0.2) is 11.8 Å². The second kappa shape index (κ2) is 5.57. The van der Waals surface area contributed by atoms with Gasteiger partial charge in [-0.2, -0.15) is 0 Å². The number of hydrogen-bond acceptors (Lipinski definition) is 4. The largest absolute Gasteiger partial charge is 0.489 e. The predicted octanol–water partition coefficient (Wildman–Crippen LogP) is 2.77. The molecule has 0 saturated heterocycles. The Morgan fingerprint density at radius 2 is 2.00 bits per heavy atom. The van der Waals surface area contributed by atoms with Gasteiger partial charge in [0, 0.05) is 11.6 Å². The van der Waals surface area contributed by atoms with Crippen molar-refractivity contribution in [2.75, 3.05) is 6.79 Å². The van der Waals surface area contributed by atoms with Crippen molar-refractivity contribution in [3.63, 3.8) is 0 Å². The zero-order valence-corrected chi connectivity index (χ0v) is 11.8.